The molecule has 102 valence electrons. The quantitative estimate of drug-likeness (QED) is 0.894. The maximum Gasteiger partial charge on any atom is 0.244 e. The van der Waals surface area contributed by atoms with Crippen LogP contribution in [-0.2, 0) is 10.0 Å². The maximum atomic E-state index is 12.1. The number of methoxy groups -OCH3 is 2. The molecule has 0 aromatic heterocycles. The lowest BCUT2D eigenvalue weighted by Crippen LogP contribution is -2.30. The van der Waals surface area contributed by atoms with Crippen molar-refractivity contribution in [2.45, 2.75) is 24.8 Å². The van der Waals surface area contributed by atoms with E-state index in [0.717, 1.165) is 0 Å². The molecule has 0 saturated heterocycles. The first kappa shape index (κ1) is 15.3. The van der Waals surface area contributed by atoms with Crippen molar-refractivity contribution in [1.29, 1.82) is 0 Å². The summed E-state index contributed by atoms with van der Waals surface area (Å²) in [6, 6.07) is 2.79. The summed E-state index contributed by atoms with van der Waals surface area (Å²) in [5, 5.41) is 0. The minimum atomic E-state index is -3.63. The van der Waals surface area contributed by atoms with Crippen LogP contribution in [-0.4, -0.2) is 28.7 Å². The first-order valence-electron chi connectivity index (χ1n) is 5.25. The fraction of sp³-hybridized carbons (Fsp3) is 0.455. The van der Waals surface area contributed by atoms with Gasteiger partial charge in [-0.3, -0.25) is 0 Å². The van der Waals surface area contributed by atoms with E-state index in [1.54, 1.807) is 19.9 Å². The van der Waals surface area contributed by atoms with Gasteiger partial charge in [-0.2, -0.15) is 0 Å². The molecule has 0 saturated carbocycles. The van der Waals surface area contributed by atoms with Crippen molar-refractivity contribution < 1.29 is 17.9 Å². The van der Waals surface area contributed by atoms with Crippen LogP contribution in [0.25, 0.3) is 0 Å². The second-order valence-corrected chi connectivity index (χ2v) is 6.45. The number of benzene rings is 1. The Morgan fingerprint density at radius 1 is 1.17 bits per heavy atom. The summed E-state index contributed by atoms with van der Waals surface area (Å²) in [7, 11) is -0.737. The van der Waals surface area contributed by atoms with Gasteiger partial charge in [0.15, 0.2) is 0 Å². The van der Waals surface area contributed by atoms with Crippen molar-refractivity contribution in [1.82, 2.24) is 4.72 Å². The number of hydrogen-bond donors (Lipinski definition) is 1. The third kappa shape index (κ3) is 3.37. The standard InChI is InChI=1S/C11H16BrNO4S/c1-7(2)13-18(14,15)11-6-9(16-3)8(12)5-10(11)17-4/h5-7,13H,1-4H3. The highest BCUT2D eigenvalue weighted by Crippen LogP contribution is 2.35. The topological polar surface area (TPSA) is 64.6 Å². The minimum absolute atomic E-state index is 0.0544. The van der Waals surface area contributed by atoms with Crippen LogP contribution < -0.4 is 14.2 Å². The van der Waals surface area contributed by atoms with E-state index < -0.39 is 10.0 Å². The average Bonchev–Trinajstić information content (AvgIpc) is 2.26. The summed E-state index contributed by atoms with van der Waals surface area (Å²) in [4.78, 5) is 0.0544. The van der Waals surface area contributed by atoms with Crippen molar-refractivity contribution in [3.63, 3.8) is 0 Å². The van der Waals surface area contributed by atoms with Gasteiger partial charge in [-0.1, -0.05) is 0 Å². The molecule has 1 aromatic carbocycles. The Balaban J connectivity index is 3.38. The van der Waals surface area contributed by atoms with E-state index in [1.807, 2.05) is 0 Å². The number of nitrogens with one attached hydrogen (secondary N) is 1. The number of hydrogen-bond acceptors (Lipinski definition) is 4. The minimum Gasteiger partial charge on any atom is -0.496 e. The van der Waals surface area contributed by atoms with E-state index in [4.69, 9.17) is 9.47 Å². The highest BCUT2D eigenvalue weighted by molar-refractivity contribution is 9.10. The molecule has 7 heteroatoms. The molecule has 1 rings (SSSR count). The van der Waals surface area contributed by atoms with Crippen molar-refractivity contribution in [3.8, 4) is 11.5 Å². The highest BCUT2D eigenvalue weighted by Gasteiger charge is 2.22. The normalized spacial score (nSPS) is 11.7. The van der Waals surface area contributed by atoms with Crippen LogP contribution in [0.4, 0.5) is 0 Å². The molecule has 5 nitrogen and oxygen atoms in total. The molecular formula is C11H16BrNO4S. The van der Waals surface area contributed by atoms with Crippen molar-refractivity contribution in [2.75, 3.05) is 14.2 Å². The van der Waals surface area contributed by atoms with Crippen LogP contribution in [0.3, 0.4) is 0 Å². The zero-order valence-electron chi connectivity index (χ0n) is 10.7. The molecule has 18 heavy (non-hydrogen) atoms. The van der Waals surface area contributed by atoms with E-state index in [0.29, 0.717) is 10.2 Å². The first-order valence-corrected chi connectivity index (χ1v) is 7.53. The average molecular weight is 338 g/mol. The van der Waals surface area contributed by atoms with Crippen molar-refractivity contribution >= 4 is 26.0 Å². The van der Waals surface area contributed by atoms with Crippen molar-refractivity contribution in [2.24, 2.45) is 0 Å². The highest BCUT2D eigenvalue weighted by atomic mass is 79.9. The van der Waals surface area contributed by atoms with Gasteiger partial charge in [0.1, 0.15) is 16.4 Å². The fourth-order valence-electron chi connectivity index (χ4n) is 1.42. The van der Waals surface area contributed by atoms with Crippen LogP contribution in [0.15, 0.2) is 21.5 Å². The van der Waals surface area contributed by atoms with Crippen molar-refractivity contribution in [3.05, 3.63) is 16.6 Å². The molecular weight excluding hydrogens is 322 g/mol. The van der Waals surface area contributed by atoms with Crippen LogP contribution in [0.5, 0.6) is 11.5 Å². The Bertz CT molecular complexity index is 528. The second-order valence-electron chi connectivity index (χ2n) is 3.91. The largest absolute Gasteiger partial charge is 0.496 e. The van der Waals surface area contributed by atoms with Gasteiger partial charge in [-0.25, -0.2) is 13.1 Å². The number of rotatable bonds is 5. The molecule has 0 unspecified atom stereocenters. The van der Waals surface area contributed by atoms with E-state index in [2.05, 4.69) is 20.7 Å². The molecule has 0 bridgehead atoms. The summed E-state index contributed by atoms with van der Waals surface area (Å²) in [5.41, 5.74) is 0. The molecule has 1 aromatic rings. The van der Waals surface area contributed by atoms with Gasteiger partial charge in [-0.15, -0.1) is 0 Å². The lowest BCUT2D eigenvalue weighted by molar-refractivity contribution is 0.390. The van der Waals surface area contributed by atoms with Crippen LogP contribution in [0.2, 0.25) is 0 Å². The Morgan fingerprint density at radius 3 is 2.17 bits per heavy atom. The first-order chi connectivity index (χ1) is 8.31. The number of halogens is 1. The summed E-state index contributed by atoms with van der Waals surface area (Å²) in [6.07, 6.45) is 0. The van der Waals surface area contributed by atoms with E-state index in [1.165, 1.54) is 20.3 Å². The smallest absolute Gasteiger partial charge is 0.244 e. The Labute approximate surface area is 116 Å². The fourth-order valence-corrected chi connectivity index (χ4v) is 3.32. The Kier molecular flexibility index (Phi) is 5.01. The number of ether oxygens (including phenoxy) is 2. The molecule has 0 radical (unpaired) electrons. The molecule has 0 spiro atoms. The molecule has 0 heterocycles. The lowest BCUT2D eigenvalue weighted by Gasteiger charge is -2.14. The van der Waals surface area contributed by atoms with Crippen LogP contribution in [0, 0.1) is 0 Å². The van der Waals surface area contributed by atoms with Gasteiger partial charge in [0, 0.05) is 12.1 Å². The van der Waals surface area contributed by atoms with Crippen LogP contribution in [0.1, 0.15) is 13.8 Å². The lowest BCUT2D eigenvalue weighted by atomic mass is 10.3. The van der Waals surface area contributed by atoms with Gasteiger partial charge in [0.25, 0.3) is 0 Å². The van der Waals surface area contributed by atoms with E-state index >= 15 is 0 Å². The summed E-state index contributed by atoms with van der Waals surface area (Å²) >= 11 is 3.28. The third-order valence-corrected chi connectivity index (χ3v) is 4.42. The monoisotopic (exact) mass is 337 g/mol. The summed E-state index contributed by atoms with van der Waals surface area (Å²) in [6.45, 7) is 3.50. The molecule has 0 fully saturated rings. The van der Waals surface area contributed by atoms with Gasteiger partial charge in [0.2, 0.25) is 10.0 Å². The zero-order chi connectivity index (χ0) is 13.9. The third-order valence-electron chi connectivity index (χ3n) is 2.12. The van der Waals surface area contributed by atoms with Gasteiger partial charge in [0.05, 0.1) is 18.7 Å². The predicted octanol–water partition coefficient (Wildman–Crippen LogP) is 2.15. The molecule has 0 aliphatic rings. The molecule has 0 aliphatic carbocycles. The Morgan fingerprint density at radius 2 is 1.72 bits per heavy atom. The summed E-state index contributed by atoms with van der Waals surface area (Å²) in [5.74, 6) is 0.691. The number of sulfonamides is 1. The molecule has 0 aliphatic heterocycles. The second kappa shape index (κ2) is 5.90. The van der Waals surface area contributed by atoms with Crippen LogP contribution >= 0.6 is 15.9 Å². The SMILES string of the molecule is COc1cc(S(=O)(=O)NC(C)C)c(OC)cc1Br. The summed E-state index contributed by atoms with van der Waals surface area (Å²) < 4.78 is 37.6. The zero-order valence-corrected chi connectivity index (χ0v) is 13.1. The van der Waals surface area contributed by atoms with Gasteiger partial charge in [-0.05, 0) is 35.8 Å². The molecule has 1 N–H and O–H groups in total. The molecule has 0 amide bonds. The van der Waals surface area contributed by atoms with E-state index in [-0.39, 0.29) is 16.7 Å². The Hall–Kier alpha value is -0.790. The van der Waals surface area contributed by atoms with E-state index in [9.17, 15) is 8.42 Å². The molecule has 0 atom stereocenters. The van der Waals surface area contributed by atoms with Gasteiger partial charge >= 0.3 is 0 Å². The maximum absolute atomic E-state index is 12.1. The van der Waals surface area contributed by atoms with Gasteiger partial charge < -0.3 is 9.47 Å². The predicted molar refractivity (Wildman–Crippen MR) is 72.7 cm³/mol.